The molecule has 1 saturated carbocycles. The second-order valence-electron chi connectivity index (χ2n) is 5.71. The number of hydrogen-bond acceptors (Lipinski definition) is 3. The van der Waals surface area contributed by atoms with Gasteiger partial charge < -0.3 is 14.6 Å². The van der Waals surface area contributed by atoms with Crippen LogP contribution >= 0.6 is 0 Å². The minimum atomic E-state index is -0.741. The number of rotatable bonds is 2. The van der Waals surface area contributed by atoms with Crippen LogP contribution < -0.4 is 9.47 Å². The van der Waals surface area contributed by atoms with Crippen LogP contribution in [-0.4, -0.2) is 24.3 Å². The van der Waals surface area contributed by atoms with Crippen molar-refractivity contribution in [3.8, 4) is 11.5 Å². The molecule has 3 rings (SSSR count). The molecule has 0 saturated heterocycles. The molecule has 0 amide bonds. The Hall–Kier alpha value is -1.71. The SMILES string of the molecule is Cc1c(C2(C(=O)O)CCCC2)ccc2c1OCCCO2. The van der Waals surface area contributed by atoms with E-state index in [2.05, 4.69) is 0 Å². The molecular weight excluding hydrogens is 256 g/mol. The van der Waals surface area contributed by atoms with Crippen molar-refractivity contribution in [2.75, 3.05) is 13.2 Å². The van der Waals surface area contributed by atoms with Gasteiger partial charge >= 0.3 is 5.97 Å². The Bertz CT molecular complexity index is 530. The molecule has 2 aliphatic rings. The van der Waals surface area contributed by atoms with E-state index < -0.39 is 11.4 Å². The highest BCUT2D eigenvalue weighted by molar-refractivity contribution is 5.83. The van der Waals surface area contributed by atoms with Gasteiger partial charge in [0.2, 0.25) is 0 Å². The molecule has 0 aromatic heterocycles. The molecule has 0 atom stereocenters. The lowest BCUT2D eigenvalue weighted by atomic mass is 9.76. The Morgan fingerprint density at radius 1 is 1.15 bits per heavy atom. The summed E-state index contributed by atoms with van der Waals surface area (Å²) in [7, 11) is 0. The minimum Gasteiger partial charge on any atom is -0.490 e. The smallest absolute Gasteiger partial charge is 0.314 e. The fourth-order valence-electron chi connectivity index (χ4n) is 3.47. The zero-order valence-electron chi connectivity index (χ0n) is 11.8. The van der Waals surface area contributed by atoms with Crippen LogP contribution in [0, 0.1) is 6.92 Å². The first-order valence-corrected chi connectivity index (χ1v) is 7.28. The largest absolute Gasteiger partial charge is 0.490 e. The average molecular weight is 276 g/mol. The van der Waals surface area contributed by atoms with Crippen molar-refractivity contribution >= 4 is 5.97 Å². The first-order valence-electron chi connectivity index (χ1n) is 7.28. The van der Waals surface area contributed by atoms with Crippen LogP contribution in [0.25, 0.3) is 0 Å². The maximum Gasteiger partial charge on any atom is 0.314 e. The van der Waals surface area contributed by atoms with E-state index in [9.17, 15) is 9.90 Å². The highest BCUT2D eigenvalue weighted by atomic mass is 16.5. The van der Waals surface area contributed by atoms with E-state index in [1.807, 2.05) is 19.1 Å². The summed E-state index contributed by atoms with van der Waals surface area (Å²) in [6.45, 7) is 3.22. The third-order valence-corrected chi connectivity index (χ3v) is 4.54. The summed E-state index contributed by atoms with van der Waals surface area (Å²) in [6, 6.07) is 3.79. The Balaban J connectivity index is 2.10. The van der Waals surface area contributed by atoms with E-state index >= 15 is 0 Å². The molecule has 4 nitrogen and oxygen atoms in total. The Labute approximate surface area is 118 Å². The fourth-order valence-corrected chi connectivity index (χ4v) is 3.47. The second-order valence-corrected chi connectivity index (χ2v) is 5.71. The van der Waals surface area contributed by atoms with Crippen LogP contribution in [0.3, 0.4) is 0 Å². The van der Waals surface area contributed by atoms with Crippen molar-refractivity contribution in [3.63, 3.8) is 0 Å². The van der Waals surface area contributed by atoms with E-state index in [0.29, 0.717) is 26.1 Å². The lowest BCUT2D eigenvalue weighted by Gasteiger charge is -2.27. The van der Waals surface area contributed by atoms with Gasteiger partial charge in [-0.15, -0.1) is 0 Å². The van der Waals surface area contributed by atoms with Gasteiger partial charge in [-0.25, -0.2) is 0 Å². The van der Waals surface area contributed by atoms with E-state index in [4.69, 9.17) is 9.47 Å². The van der Waals surface area contributed by atoms with Crippen LogP contribution in [0.2, 0.25) is 0 Å². The molecule has 0 radical (unpaired) electrons. The summed E-state index contributed by atoms with van der Waals surface area (Å²) >= 11 is 0. The van der Waals surface area contributed by atoms with Crippen LogP contribution in [-0.2, 0) is 10.2 Å². The predicted octanol–water partition coefficient (Wildman–Crippen LogP) is 3.05. The normalized spacial score (nSPS) is 20.4. The summed E-state index contributed by atoms with van der Waals surface area (Å²) in [5, 5.41) is 9.73. The van der Waals surface area contributed by atoms with Crippen molar-refractivity contribution in [1.82, 2.24) is 0 Å². The summed E-state index contributed by atoms with van der Waals surface area (Å²) < 4.78 is 11.5. The topological polar surface area (TPSA) is 55.8 Å². The fraction of sp³-hybridized carbons (Fsp3) is 0.562. The molecule has 0 unspecified atom stereocenters. The minimum absolute atomic E-state index is 0.622. The lowest BCUT2D eigenvalue weighted by molar-refractivity contribution is -0.143. The Kier molecular flexibility index (Phi) is 3.32. The summed E-state index contributed by atoms with van der Waals surface area (Å²) in [4.78, 5) is 11.8. The highest BCUT2D eigenvalue weighted by Gasteiger charge is 2.44. The third kappa shape index (κ3) is 1.94. The third-order valence-electron chi connectivity index (χ3n) is 4.54. The summed E-state index contributed by atoms with van der Waals surface area (Å²) in [5.74, 6) is 0.752. The van der Waals surface area contributed by atoms with Crippen LogP contribution in [0.5, 0.6) is 11.5 Å². The van der Waals surface area contributed by atoms with Gasteiger partial charge in [0.1, 0.15) is 0 Å². The van der Waals surface area contributed by atoms with Crippen LogP contribution in [0.15, 0.2) is 12.1 Å². The van der Waals surface area contributed by atoms with Crippen LogP contribution in [0.1, 0.15) is 43.2 Å². The summed E-state index contributed by atoms with van der Waals surface area (Å²) in [5.41, 5.74) is 1.08. The first kappa shape index (κ1) is 13.3. The van der Waals surface area contributed by atoms with E-state index in [-0.39, 0.29) is 0 Å². The zero-order valence-corrected chi connectivity index (χ0v) is 11.8. The molecule has 0 bridgehead atoms. The molecule has 20 heavy (non-hydrogen) atoms. The van der Waals surface area contributed by atoms with Gasteiger partial charge in [0.25, 0.3) is 0 Å². The van der Waals surface area contributed by atoms with Crippen LogP contribution in [0.4, 0.5) is 0 Å². The number of carboxylic acids is 1. The highest BCUT2D eigenvalue weighted by Crippen LogP contribution is 2.46. The number of ether oxygens (including phenoxy) is 2. The molecule has 1 aliphatic heterocycles. The molecule has 4 heteroatoms. The van der Waals surface area contributed by atoms with Gasteiger partial charge in [0.05, 0.1) is 18.6 Å². The molecule has 1 aliphatic carbocycles. The van der Waals surface area contributed by atoms with Gasteiger partial charge in [-0.05, 0) is 37.0 Å². The molecule has 1 N–H and O–H groups in total. The van der Waals surface area contributed by atoms with Gasteiger partial charge in [-0.3, -0.25) is 4.79 Å². The van der Waals surface area contributed by atoms with Crippen molar-refractivity contribution in [2.45, 2.75) is 44.4 Å². The maximum atomic E-state index is 11.8. The van der Waals surface area contributed by atoms with Gasteiger partial charge in [0.15, 0.2) is 11.5 Å². The lowest BCUT2D eigenvalue weighted by Crippen LogP contribution is -2.33. The standard InChI is InChI=1S/C16H20O4/c1-11-12(16(15(17)18)7-2-3-8-16)5-6-13-14(11)20-10-4-9-19-13/h5-6H,2-4,7-10H2,1H3,(H,17,18). The average Bonchev–Trinajstić information content (AvgIpc) is 2.79. The number of hydrogen-bond donors (Lipinski definition) is 1. The predicted molar refractivity (Wildman–Crippen MR) is 74.6 cm³/mol. The monoisotopic (exact) mass is 276 g/mol. The number of fused-ring (bicyclic) bond motifs is 1. The molecular formula is C16H20O4. The molecule has 1 aromatic rings. The Morgan fingerprint density at radius 2 is 1.85 bits per heavy atom. The number of carboxylic acid groups (broad SMARTS) is 1. The second kappa shape index (κ2) is 5.00. The molecule has 0 spiro atoms. The van der Waals surface area contributed by atoms with Crippen molar-refractivity contribution in [3.05, 3.63) is 23.3 Å². The number of carbonyl (C=O) groups is 1. The zero-order chi connectivity index (χ0) is 14.2. The number of aliphatic carboxylic acids is 1. The van der Waals surface area contributed by atoms with E-state index in [1.165, 1.54) is 0 Å². The number of benzene rings is 1. The molecule has 108 valence electrons. The van der Waals surface area contributed by atoms with Gasteiger partial charge in [0, 0.05) is 6.42 Å². The maximum absolute atomic E-state index is 11.8. The van der Waals surface area contributed by atoms with E-state index in [1.54, 1.807) is 0 Å². The van der Waals surface area contributed by atoms with Crippen molar-refractivity contribution < 1.29 is 19.4 Å². The van der Waals surface area contributed by atoms with Gasteiger partial charge in [-0.1, -0.05) is 18.9 Å². The quantitative estimate of drug-likeness (QED) is 0.902. The van der Waals surface area contributed by atoms with Crippen molar-refractivity contribution in [2.24, 2.45) is 0 Å². The Morgan fingerprint density at radius 3 is 2.55 bits per heavy atom. The van der Waals surface area contributed by atoms with Gasteiger partial charge in [-0.2, -0.15) is 0 Å². The van der Waals surface area contributed by atoms with Crippen molar-refractivity contribution in [1.29, 1.82) is 0 Å². The summed E-state index contributed by atoms with van der Waals surface area (Å²) in [6.07, 6.45) is 4.22. The molecule has 1 heterocycles. The molecule has 1 fully saturated rings. The van der Waals surface area contributed by atoms with E-state index in [0.717, 1.165) is 41.9 Å². The molecule has 1 aromatic carbocycles. The first-order chi connectivity index (χ1) is 9.65.